The maximum atomic E-state index is 11.9. The van der Waals surface area contributed by atoms with E-state index >= 15 is 0 Å². The number of carbonyl (C=O) groups is 1. The van der Waals surface area contributed by atoms with Gasteiger partial charge in [-0.25, -0.2) is 0 Å². The number of rotatable bonds is 4. The SMILES string of the molecule is O=C1CC[C@@H]2CN(C3CN(C(c4ccccc4)c4ccccc4)C3)CCN12. The number of nitrogens with zero attached hydrogens (tertiary/aromatic N) is 3. The van der Waals surface area contributed by atoms with Crippen LogP contribution >= 0.6 is 0 Å². The van der Waals surface area contributed by atoms with Gasteiger partial charge in [0.2, 0.25) is 5.91 Å². The summed E-state index contributed by atoms with van der Waals surface area (Å²) < 4.78 is 0. The van der Waals surface area contributed by atoms with E-state index < -0.39 is 0 Å². The number of hydrogen-bond acceptors (Lipinski definition) is 3. The average Bonchev–Trinajstić information content (AvgIpc) is 3.06. The summed E-state index contributed by atoms with van der Waals surface area (Å²) in [6.07, 6.45) is 1.79. The Kier molecular flexibility index (Phi) is 4.46. The fraction of sp³-hybridized carbons (Fsp3) is 0.435. The zero-order valence-electron chi connectivity index (χ0n) is 15.7. The Morgan fingerprint density at radius 1 is 0.778 bits per heavy atom. The normalized spacial score (nSPS) is 24.3. The van der Waals surface area contributed by atoms with Crippen molar-refractivity contribution in [3.63, 3.8) is 0 Å². The molecule has 0 spiro atoms. The summed E-state index contributed by atoms with van der Waals surface area (Å²) in [7, 11) is 0. The van der Waals surface area contributed by atoms with Crippen LogP contribution in [0.15, 0.2) is 60.7 Å². The second kappa shape index (κ2) is 7.10. The first-order valence-electron chi connectivity index (χ1n) is 10.2. The lowest BCUT2D eigenvalue weighted by molar-refractivity contribution is -0.131. The van der Waals surface area contributed by atoms with E-state index in [0.717, 1.165) is 45.6 Å². The van der Waals surface area contributed by atoms with Crippen LogP contribution in [-0.4, -0.2) is 65.4 Å². The molecular formula is C23H27N3O. The highest BCUT2D eigenvalue weighted by molar-refractivity contribution is 5.78. The van der Waals surface area contributed by atoms with Crippen molar-refractivity contribution >= 4 is 5.91 Å². The summed E-state index contributed by atoms with van der Waals surface area (Å²) in [4.78, 5) is 19.3. The highest BCUT2D eigenvalue weighted by atomic mass is 16.2. The number of carbonyl (C=O) groups excluding carboxylic acids is 1. The lowest BCUT2D eigenvalue weighted by Gasteiger charge is -2.51. The van der Waals surface area contributed by atoms with E-state index in [1.165, 1.54) is 11.1 Å². The van der Waals surface area contributed by atoms with Crippen molar-refractivity contribution < 1.29 is 4.79 Å². The van der Waals surface area contributed by atoms with Crippen molar-refractivity contribution in [2.24, 2.45) is 0 Å². The number of hydrogen-bond donors (Lipinski definition) is 0. The number of benzene rings is 2. The summed E-state index contributed by atoms with van der Waals surface area (Å²) in [6.45, 7) is 5.22. The van der Waals surface area contributed by atoms with Crippen molar-refractivity contribution in [3.05, 3.63) is 71.8 Å². The first-order valence-corrected chi connectivity index (χ1v) is 10.2. The van der Waals surface area contributed by atoms with Gasteiger partial charge in [-0.1, -0.05) is 60.7 Å². The molecule has 0 aliphatic carbocycles. The van der Waals surface area contributed by atoms with Gasteiger partial charge in [-0.15, -0.1) is 0 Å². The molecular weight excluding hydrogens is 334 g/mol. The van der Waals surface area contributed by atoms with Crippen LogP contribution in [0.3, 0.4) is 0 Å². The lowest BCUT2D eigenvalue weighted by atomic mass is 9.92. The van der Waals surface area contributed by atoms with Crippen LogP contribution in [0.4, 0.5) is 0 Å². The second-order valence-corrected chi connectivity index (χ2v) is 8.11. The summed E-state index contributed by atoms with van der Waals surface area (Å²) >= 11 is 0. The standard InChI is InChI=1S/C23H27N3O/c27-22-12-11-20-15-24(13-14-26(20)22)21-16-25(17-21)23(18-7-3-1-4-8-18)19-9-5-2-6-10-19/h1-10,20-21,23H,11-17H2/t20-/m1/s1. The third-order valence-corrected chi connectivity index (χ3v) is 6.53. The minimum Gasteiger partial charge on any atom is -0.337 e. The van der Waals surface area contributed by atoms with Crippen LogP contribution in [0.25, 0.3) is 0 Å². The van der Waals surface area contributed by atoms with Crippen molar-refractivity contribution in [1.29, 1.82) is 0 Å². The third-order valence-electron chi connectivity index (χ3n) is 6.53. The molecule has 3 saturated heterocycles. The number of amides is 1. The molecule has 1 atom stereocenters. The molecule has 27 heavy (non-hydrogen) atoms. The van der Waals surface area contributed by atoms with Crippen molar-refractivity contribution in [3.8, 4) is 0 Å². The Labute approximate surface area is 161 Å². The monoisotopic (exact) mass is 361 g/mol. The van der Waals surface area contributed by atoms with Crippen LogP contribution in [0.2, 0.25) is 0 Å². The smallest absolute Gasteiger partial charge is 0.222 e. The molecule has 4 heteroatoms. The van der Waals surface area contributed by atoms with Gasteiger partial charge < -0.3 is 4.90 Å². The van der Waals surface area contributed by atoms with Gasteiger partial charge in [0.1, 0.15) is 0 Å². The summed E-state index contributed by atoms with van der Waals surface area (Å²) in [5.41, 5.74) is 2.74. The van der Waals surface area contributed by atoms with Gasteiger partial charge in [-0.2, -0.15) is 0 Å². The number of fused-ring (bicyclic) bond motifs is 1. The van der Waals surface area contributed by atoms with Crippen LogP contribution in [-0.2, 0) is 4.79 Å². The molecule has 0 radical (unpaired) electrons. The molecule has 4 nitrogen and oxygen atoms in total. The Bertz CT molecular complexity index is 748. The van der Waals surface area contributed by atoms with Gasteiger partial charge >= 0.3 is 0 Å². The molecule has 2 aromatic rings. The quantitative estimate of drug-likeness (QED) is 0.838. The first-order chi connectivity index (χ1) is 13.3. The van der Waals surface area contributed by atoms with Gasteiger partial charge in [-0.05, 0) is 17.5 Å². The van der Waals surface area contributed by atoms with E-state index in [9.17, 15) is 4.79 Å². The molecule has 3 heterocycles. The minimum atomic E-state index is 0.331. The fourth-order valence-corrected chi connectivity index (χ4v) is 5.03. The Balaban J connectivity index is 1.29. The molecule has 5 rings (SSSR count). The molecule has 0 saturated carbocycles. The molecule has 1 amide bonds. The second-order valence-electron chi connectivity index (χ2n) is 8.11. The maximum Gasteiger partial charge on any atom is 0.222 e. The Hall–Kier alpha value is -2.17. The van der Waals surface area contributed by atoms with Gasteiger partial charge in [-0.3, -0.25) is 14.6 Å². The molecule has 0 N–H and O–H groups in total. The topological polar surface area (TPSA) is 26.8 Å². The predicted molar refractivity (Wildman–Crippen MR) is 106 cm³/mol. The summed E-state index contributed by atoms with van der Waals surface area (Å²) in [5.74, 6) is 0.364. The zero-order chi connectivity index (χ0) is 18.2. The number of likely N-dealkylation sites (tertiary alicyclic amines) is 1. The molecule has 3 aliphatic heterocycles. The van der Waals surface area contributed by atoms with E-state index in [0.29, 0.717) is 24.0 Å². The maximum absolute atomic E-state index is 11.9. The van der Waals surface area contributed by atoms with Crippen LogP contribution < -0.4 is 0 Å². The van der Waals surface area contributed by atoms with Crippen LogP contribution in [0, 0.1) is 0 Å². The minimum absolute atomic E-state index is 0.331. The highest BCUT2D eigenvalue weighted by Gasteiger charge is 2.42. The van der Waals surface area contributed by atoms with Crippen molar-refractivity contribution in [1.82, 2.24) is 14.7 Å². The van der Waals surface area contributed by atoms with E-state index in [2.05, 4.69) is 75.4 Å². The molecule has 3 aliphatic rings. The molecule has 0 unspecified atom stereocenters. The van der Waals surface area contributed by atoms with E-state index in [1.54, 1.807) is 0 Å². The highest BCUT2D eigenvalue weighted by Crippen LogP contribution is 2.34. The molecule has 3 fully saturated rings. The first kappa shape index (κ1) is 17.0. The molecule has 140 valence electrons. The number of piperazine rings is 1. The summed E-state index contributed by atoms with van der Waals surface area (Å²) in [6, 6.07) is 23.1. The van der Waals surface area contributed by atoms with Crippen molar-refractivity contribution in [2.75, 3.05) is 32.7 Å². The lowest BCUT2D eigenvalue weighted by Crippen LogP contribution is -2.64. The Morgan fingerprint density at radius 2 is 1.41 bits per heavy atom. The predicted octanol–water partition coefficient (Wildman–Crippen LogP) is 2.77. The van der Waals surface area contributed by atoms with E-state index in [-0.39, 0.29) is 0 Å². The van der Waals surface area contributed by atoms with Gasteiger partial charge in [0.15, 0.2) is 0 Å². The van der Waals surface area contributed by atoms with E-state index in [1.807, 2.05) is 0 Å². The van der Waals surface area contributed by atoms with Crippen LogP contribution in [0.5, 0.6) is 0 Å². The van der Waals surface area contributed by atoms with Crippen molar-refractivity contribution in [2.45, 2.75) is 31.0 Å². The van der Waals surface area contributed by atoms with Gasteiger partial charge in [0.25, 0.3) is 0 Å². The summed E-state index contributed by atoms with van der Waals surface area (Å²) in [5, 5.41) is 0. The fourth-order valence-electron chi connectivity index (χ4n) is 5.03. The van der Waals surface area contributed by atoms with Crippen LogP contribution in [0.1, 0.15) is 30.0 Å². The van der Waals surface area contributed by atoms with E-state index in [4.69, 9.17) is 0 Å². The Morgan fingerprint density at radius 3 is 2.04 bits per heavy atom. The molecule has 0 bridgehead atoms. The van der Waals surface area contributed by atoms with Gasteiger partial charge in [0.05, 0.1) is 6.04 Å². The average molecular weight is 361 g/mol. The van der Waals surface area contributed by atoms with Gasteiger partial charge in [0, 0.05) is 51.2 Å². The molecule has 2 aromatic carbocycles. The molecule has 0 aromatic heterocycles. The zero-order valence-corrected chi connectivity index (χ0v) is 15.7. The largest absolute Gasteiger partial charge is 0.337 e. The third kappa shape index (κ3) is 3.17.